The van der Waals surface area contributed by atoms with Crippen molar-refractivity contribution in [2.45, 2.75) is 119 Å². The van der Waals surface area contributed by atoms with Crippen LogP contribution in [0.25, 0.3) is 10.9 Å². The van der Waals surface area contributed by atoms with Crippen molar-refractivity contribution in [2.75, 3.05) is 6.54 Å². The first-order chi connectivity index (χ1) is 24.5. The second-order valence-corrected chi connectivity index (χ2v) is 16.9. The fourth-order valence-corrected chi connectivity index (χ4v) is 9.38. The smallest absolute Gasteiger partial charge is 0.408 e. The van der Waals surface area contributed by atoms with E-state index < -0.39 is 68.7 Å². The van der Waals surface area contributed by atoms with Crippen molar-refractivity contribution in [3.8, 4) is 5.75 Å². The molecular formula is C37H47N5O8S. The SMILES string of the molecule is C=CC1C[C@]1(NC(=O)[C@@H]1C[C@@H]2CN1C(=O)[C@H](C)NC(=O)O[C@@H]1CCC[C@H]1CCCCCc1nc3ccccc3cc1O2)C(=O)NS(=O)(=O)C1CC1. The van der Waals surface area contributed by atoms with Gasteiger partial charge in [0.25, 0.3) is 5.91 Å². The normalized spacial score (nSPS) is 31.5. The van der Waals surface area contributed by atoms with Crippen molar-refractivity contribution < 1.29 is 37.1 Å². The molecule has 274 valence electrons. The third kappa shape index (κ3) is 7.42. The number of fused-ring (bicyclic) bond motifs is 5. The number of ether oxygens (including phenoxy) is 2. The number of pyridine rings is 1. The molecular weight excluding hydrogens is 675 g/mol. The van der Waals surface area contributed by atoms with Crippen LogP contribution in [0, 0.1) is 11.8 Å². The molecule has 2 aliphatic heterocycles. The van der Waals surface area contributed by atoms with Crippen LogP contribution in [0.4, 0.5) is 4.79 Å². The Kier molecular flexibility index (Phi) is 9.72. The van der Waals surface area contributed by atoms with E-state index in [1.165, 1.54) is 11.0 Å². The van der Waals surface area contributed by atoms with Gasteiger partial charge in [-0.25, -0.2) is 18.2 Å². The highest BCUT2D eigenvalue weighted by molar-refractivity contribution is 7.91. The first-order valence-electron chi connectivity index (χ1n) is 18.3. The lowest BCUT2D eigenvalue weighted by atomic mass is 9.97. The summed E-state index contributed by atoms with van der Waals surface area (Å²) in [6.07, 6.45) is 8.49. The molecule has 4 amide bonds. The molecule has 7 rings (SSSR count). The minimum Gasteiger partial charge on any atom is -0.487 e. The number of carbonyl (C=O) groups excluding carboxylic acids is 4. The predicted molar refractivity (Wildman–Crippen MR) is 188 cm³/mol. The average Bonchev–Trinajstić information content (AvgIpc) is 3.99. The number of para-hydroxylation sites is 1. The van der Waals surface area contributed by atoms with Gasteiger partial charge in [-0.2, -0.15) is 0 Å². The van der Waals surface area contributed by atoms with Gasteiger partial charge in [0.2, 0.25) is 21.8 Å². The molecule has 51 heavy (non-hydrogen) atoms. The van der Waals surface area contributed by atoms with Crippen LogP contribution in [0.3, 0.4) is 0 Å². The van der Waals surface area contributed by atoms with E-state index in [4.69, 9.17) is 14.5 Å². The van der Waals surface area contributed by atoms with Crippen LogP contribution in [0.2, 0.25) is 0 Å². The van der Waals surface area contributed by atoms with Gasteiger partial charge in [-0.1, -0.05) is 37.1 Å². The maximum atomic E-state index is 14.1. The first-order valence-corrected chi connectivity index (χ1v) is 19.9. The summed E-state index contributed by atoms with van der Waals surface area (Å²) in [5, 5.41) is 5.77. The predicted octanol–water partition coefficient (Wildman–Crippen LogP) is 3.65. The van der Waals surface area contributed by atoms with Crippen molar-refractivity contribution in [3.05, 3.63) is 48.7 Å². The molecule has 7 atom stereocenters. The largest absolute Gasteiger partial charge is 0.487 e. The summed E-state index contributed by atoms with van der Waals surface area (Å²) in [7, 11) is -3.87. The summed E-state index contributed by atoms with van der Waals surface area (Å²) in [5.74, 6) is -1.58. The van der Waals surface area contributed by atoms with Crippen LogP contribution in [0.15, 0.2) is 43.0 Å². The zero-order chi connectivity index (χ0) is 35.9. The molecule has 3 saturated carbocycles. The summed E-state index contributed by atoms with van der Waals surface area (Å²) in [6, 6.07) is 7.66. The van der Waals surface area contributed by atoms with Crippen molar-refractivity contribution >= 4 is 44.7 Å². The lowest BCUT2D eigenvalue weighted by molar-refractivity contribution is -0.140. The number of sulfonamides is 1. The fraction of sp³-hybridized carbons (Fsp3) is 0.595. The van der Waals surface area contributed by atoms with Gasteiger partial charge in [0.1, 0.15) is 35.6 Å². The summed E-state index contributed by atoms with van der Waals surface area (Å²) in [6.45, 7) is 5.36. The number of alkyl carbamates (subject to hydrolysis) is 1. The Morgan fingerprint density at radius 1 is 1.06 bits per heavy atom. The maximum absolute atomic E-state index is 14.1. The molecule has 3 heterocycles. The van der Waals surface area contributed by atoms with Gasteiger partial charge in [0.05, 0.1) is 23.0 Å². The summed E-state index contributed by atoms with van der Waals surface area (Å²) >= 11 is 0. The van der Waals surface area contributed by atoms with Gasteiger partial charge in [0.15, 0.2) is 0 Å². The van der Waals surface area contributed by atoms with Gasteiger partial charge in [0, 0.05) is 17.7 Å². The molecule has 13 nitrogen and oxygen atoms in total. The molecule has 14 heteroatoms. The molecule has 2 bridgehead atoms. The number of carbonyl (C=O) groups is 4. The zero-order valence-electron chi connectivity index (χ0n) is 29.0. The van der Waals surface area contributed by atoms with Crippen LogP contribution in [0.5, 0.6) is 5.75 Å². The number of benzene rings is 1. The van der Waals surface area contributed by atoms with Gasteiger partial charge < -0.3 is 25.0 Å². The van der Waals surface area contributed by atoms with E-state index in [1.807, 2.05) is 30.3 Å². The third-order valence-corrected chi connectivity index (χ3v) is 13.0. The molecule has 0 spiro atoms. The van der Waals surface area contributed by atoms with E-state index in [0.717, 1.165) is 61.5 Å². The van der Waals surface area contributed by atoms with E-state index in [9.17, 15) is 27.6 Å². The second-order valence-electron chi connectivity index (χ2n) is 14.9. The van der Waals surface area contributed by atoms with Crippen LogP contribution < -0.4 is 20.1 Å². The molecule has 1 aromatic heterocycles. The lowest BCUT2D eigenvalue weighted by Gasteiger charge is -2.29. The highest BCUT2D eigenvalue weighted by Crippen LogP contribution is 2.45. The van der Waals surface area contributed by atoms with Crippen molar-refractivity contribution in [1.29, 1.82) is 0 Å². The average molecular weight is 722 g/mol. The Morgan fingerprint density at radius 2 is 1.84 bits per heavy atom. The Labute approximate surface area is 298 Å². The molecule has 2 aromatic rings. The number of nitrogens with one attached hydrogen (secondary N) is 3. The standard InChI is InChI=1S/C37H47N5O8S/c1-3-25-20-37(25,35(45)41-51(47,48)27-16-17-27)40-33(43)30-19-26-21-42(30)34(44)22(2)38-36(46)50-31-15-9-12-23(31)10-5-4-6-14-29-32(49-26)18-24-11-7-8-13-28(24)39-29/h3,7-8,11,13,18,22-23,25-27,30-31H,1,4-6,9-10,12,14-17,19-21H2,2H3,(H,38,46)(H,40,43)(H,41,45)/t22-,23+,25?,26+,30-,31+,37+/m0/s1. The van der Waals surface area contributed by atoms with Crippen LogP contribution in [-0.2, 0) is 35.6 Å². The molecule has 1 saturated heterocycles. The van der Waals surface area contributed by atoms with Gasteiger partial charge in [-0.15, -0.1) is 6.58 Å². The van der Waals surface area contributed by atoms with Gasteiger partial charge in [-0.3, -0.25) is 19.1 Å². The lowest BCUT2D eigenvalue weighted by Crippen LogP contribution is -2.58. The first kappa shape index (κ1) is 35.2. The van der Waals surface area contributed by atoms with E-state index in [-0.39, 0.29) is 31.4 Å². The van der Waals surface area contributed by atoms with E-state index in [0.29, 0.717) is 25.0 Å². The topological polar surface area (TPSA) is 173 Å². The molecule has 0 radical (unpaired) electrons. The Hall–Kier alpha value is -4.20. The monoisotopic (exact) mass is 721 g/mol. The third-order valence-electron chi connectivity index (χ3n) is 11.2. The summed E-state index contributed by atoms with van der Waals surface area (Å²) in [5.41, 5.74) is 0.149. The maximum Gasteiger partial charge on any atom is 0.408 e. The Morgan fingerprint density at radius 3 is 2.61 bits per heavy atom. The number of aromatic nitrogens is 1. The number of aryl methyl sites for hydroxylation is 1. The number of hydrogen-bond acceptors (Lipinski definition) is 9. The van der Waals surface area contributed by atoms with Crippen LogP contribution >= 0.6 is 0 Å². The molecule has 3 aliphatic carbocycles. The number of hydrogen-bond donors (Lipinski definition) is 3. The Balaban J connectivity index is 1.17. The zero-order valence-corrected chi connectivity index (χ0v) is 29.8. The van der Waals surface area contributed by atoms with Crippen molar-refractivity contribution in [3.63, 3.8) is 0 Å². The Bertz CT molecular complexity index is 1830. The van der Waals surface area contributed by atoms with Crippen molar-refractivity contribution in [2.24, 2.45) is 11.8 Å². The van der Waals surface area contributed by atoms with Crippen LogP contribution in [-0.4, -0.2) is 83.7 Å². The summed E-state index contributed by atoms with van der Waals surface area (Å²) < 4.78 is 39.9. The molecule has 1 aromatic carbocycles. The minimum atomic E-state index is -3.87. The van der Waals surface area contributed by atoms with E-state index in [2.05, 4.69) is 21.9 Å². The highest BCUT2D eigenvalue weighted by Gasteiger charge is 2.62. The fourth-order valence-electron chi connectivity index (χ4n) is 8.01. The van der Waals surface area contributed by atoms with E-state index >= 15 is 0 Å². The number of amides is 4. The summed E-state index contributed by atoms with van der Waals surface area (Å²) in [4.78, 5) is 61.0. The van der Waals surface area contributed by atoms with Crippen LogP contribution in [0.1, 0.15) is 83.2 Å². The minimum absolute atomic E-state index is 0.0368. The van der Waals surface area contributed by atoms with Crippen molar-refractivity contribution in [1.82, 2.24) is 25.2 Å². The van der Waals surface area contributed by atoms with Gasteiger partial charge in [-0.05, 0) is 82.8 Å². The van der Waals surface area contributed by atoms with Gasteiger partial charge >= 0.3 is 6.09 Å². The second kappa shape index (κ2) is 14.1. The molecule has 5 aliphatic rings. The molecule has 1 unspecified atom stereocenters. The van der Waals surface area contributed by atoms with E-state index in [1.54, 1.807) is 6.92 Å². The number of rotatable bonds is 6. The quantitative estimate of drug-likeness (QED) is 0.377. The molecule has 4 fully saturated rings. The number of nitrogens with zero attached hydrogens (tertiary/aromatic N) is 2. The highest BCUT2D eigenvalue weighted by atomic mass is 32.2. The molecule has 3 N–H and O–H groups in total.